The SMILES string of the molecule is CCOC(=O)CC(=O)c1cc(F)cc(N)c1O. The van der Waals surface area contributed by atoms with Gasteiger partial charge in [-0.05, 0) is 13.0 Å². The lowest BCUT2D eigenvalue weighted by atomic mass is 10.1. The van der Waals surface area contributed by atoms with Gasteiger partial charge in [0.1, 0.15) is 18.0 Å². The lowest BCUT2D eigenvalue weighted by Gasteiger charge is -2.06. The summed E-state index contributed by atoms with van der Waals surface area (Å²) in [6.07, 6.45) is -0.565. The van der Waals surface area contributed by atoms with Crippen molar-refractivity contribution < 1.29 is 23.8 Å². The van der Waals surface area contributed by atoms with Crippen LogP contribution in [0.25, 0.3) is 0 Å². The van der Waals surface area contributed by atoms with Crippen LogP contribution in [0.3, 0.4) is 0 Å². The van der Waals surface area contributed by atoms with Gasteiger partial charge in [-0.3, -0.25) is 9.59 Å². The highest BCUT2D eigenvalue weighted by Crippen LogP contribution is 2.27. The molecule has 0 unspecified atom stereocenters. The fourth-order valence-electron chi connectivity index (χ4n) is 1.27. The molecule has 0 saturated carbocycles. The van der Waals surface area contributed by atoms with Crippen LogP contribution in [0.2, 0.25) is 0 Å². The number of phenols is 1. The first-order valence-corrected chi connectivity index (χ1v) is 4.92. The molecule has 0 bridgehead atoms. The minimum atomic E-state index is -0.757. The highest BCUT2D eigenvalue weighted by atomic mass is 19.1. The van der Waals surface area contributed by atoms with E-state index in [2.05, 4.69) is 4.74 Å². The largest absolute Gasteiger partial charge is 0.505 e. The second-order valence-electron chi connectivity index (χ2n) is 3.30. The third-order valence-electron chi connectivity index (χ3n) is 2.01. The molecule has 0 heterocycles. The van der Waals surface area contributed by atoms with E-state index < -0.39 is 29.7 Å². The highest BCUT2D eigenvalue weighted by Gasteiger charge is 2.18. The van der Waals surface area contributed by atoms with Gasteiger partial charge in [-0.15, -0.1) is 0 Å². The van der Waals surface area contributed by atoms with Crippen LogP contribution in [0, 0.1) is 5.82 Å². The minimum Gasteiger partial charge on any atom is -0.505 e. The van der Waals surface area contributed by atoms with Crippen LogP contribution in [0.15, 0.2) is 12.1 Å². The second-order valence-corrected chi connectivity index (χ2v) is 3.30. The van der Waals surface area contributed by atoms with Crippen molar-refractivity contribution >= 4 is 17.4 Å². The number of anilines is 1. The van der Waals surface area contributed by atoms with E-state index in [-0.39, 0.29) is 17.9 Å². The lowest BCUT2D eigenvalue weighted by Crippen LogP contribution is -2.12. The fourth-order valence-corrected chi connectivity index (χ4v) is 1.27. The first-order valence-electron chi connectivity index (χ1n) is 4.92. The van der Waals surface area contributed by atoms with Crippen LogP contribution >= 0.6 is 0 Å². The molecule has 17 heavy (non-hydrogen) atoms. The highest BCUT2D eigenvalue weighted by molar-refractivity contribution is 6.08. The number of benzene rings is 1. The summed E-state index contributed by atoms with van der Waals surface area (Å²) < 4.78 is 17.6. The van der Waals surface area contributed by atoms with E-state index in [1.807, 2.05) is 0 Å². The second kappa shape index (κ2) is 5.29. The van der Waals surface area contributed by atoms with Crippen molar-refractivity contribution in [3.8, 4) is 5.75 Å². The predicted octanol–water partition coefficient (Wildman–Crippen LogP) is 1.25. The van der Waals surface area contributed by atoms with Crippen molar-refractivity contribution in [1.82, 2.24) is 0 Å². The molecule has 1 aromatic carbocycles. The van der Waals surface area contributed by atoms with E-state index in [0.717, 1.165) is 12.1 Å². The van der Waals surface area contributed by atoms with E-state index in [1.165, 1.54) is 0 Å². The van der Waals surface area contributed by atoms with Gasteiger partial charge in [-0.1, -0.05) is 0 Å². The summed E-state index contributed by atoms with van der Waals surface area (Å²) in [5, 5.41) is 9.47. The van der Waals surface area contributed by atoms with Crippen molar-refractivity contribution in [1.29, 1.82) is 0 Å². The number of ether oxygens (including phenoxy) is 1. The molecular weight excluding hydrogens is 229 g/mol. The van der Waals surface area contributed by atoms with E-state index >= 15 is 0 Å². The van der Waals surface area contributed by atoms with Gasteiger partial charge in [0, 0.05) is 6.07 Å². The number of carbonyl (C=O) groups is 2. The van der Waals surface area contributed by atoms with Crippen LogP contribution in [0.5, 0.6) is 5.75 Å². The standard InChI is InChI=1S/C11H12FNO4/c1-2-17-10(15)5-9(14)7-3-6(12)4-8(13)11(7)16/h3-4,16H,2,5,13H2,1H3. The van der Waals surface area contributed by atoms with Crippen molar-refractivity contribution in [2.24, 2.45) is 0 Å². The first-order chi connectivity index (χ1) is 7.95. The van der Waals surface area contributed by atoms with Gasteiger partial charge in [0.05, 0.1) is 17.9 Å². The molecule has 0 fully saturated rings. The van der Waals surface area contributed by atoms with Crippen molar-refractivity contribution in [2.45, 2.75) is 13.3 Å². The molecule has 0 atom stereocenters. The monoisotopic (exact) mass is 241 g/mol. The van der Waals surface area contributed by atoms with Crippen LogP contribution in [-0.2, 0) is 9.53 Å². The molecule has 3 N–H and O–H groups in total. The molecule has 5 nitrogen and oxygen atoms in total. The maximum absolute atomic E-state index is 13.0. The quantitative estimate of drug-likeness (QED) is 0.272. The first kappa shape index (κ1) is 13.0. The van der Waals surface area contributed by atoms with Gasteiger partial charge in [0.25, 0.3) is 0 Å². The number of aromatic hydroxyl groups is 1. The van der Waals surface area contributed by atoms with Gasteiger partial charge in [-0.25, -0.2) is 4.39 Å². The number of nitrogen functional groups attached to an aromatic ring is 1. The Kier molecular flexibility index (Phi) is 4.03. The van der Waals surface area contributed by atoms with Crippen LogP contribution in [-0.4, -0.2) is 23.5 Å². The van der Waals surface area contributed by atoms with Gasteiger partial charge < -0.3 is 15.6 Å². The molecule has 0 radical (unpaired) electrons. The number of rotatable bonds is 4. The number of carbonyl (C=O) groups excluding carboxylic acids is 2. The Bertz CT molecular complexity index is 459. The molecule has 6 heteroatoms. The van der Waals surface area contributed by atoms with Gasteiger partial charge in [-0.2, -0.15) is 0 Å². The number of phenolic OH excluding ortho intramolecular Hbond substituents is 1. The summed E-state index contributed by atoms with van der Waals surface area (Å²) in [5.41, 5.74) is 4.71. The molecule has 0 spiro atoms. The Labute approximate surface area is 97.0 Å². The summed E-state index contributed by atoms with van der Waals surface area (Å²) in [4.78, 5) is 22.6. The van der Waals surface area contributed by atoms with Crippen LogP contribution < -0.4 is 5.73 Å². The zero-order chi connectivity index (χ0) is 13.0. The van der Waals surface area contributed by atoms with E-state index in [9.17, 15) is 19.1 Å². The van der Waals surface area contributed by atoms with Crippen molar-refractivity contribution in [3.63, 3.8) is 0 Å². The molecule has 0 aliphatic heterocycles. The average Bonchev–Trinajstić information content (AvgIpc) is 2.23. The average molecular weight is 241 g/mol. The molecular formula is C11H12FNO4. The smallest absolute Gasteiger partial charge is 0.313 e. The zero-order valence-corrected chi connectivity index (χ0v) is 9.20. The van der Waals surface area contributed by atoms with E-state index in [4.69, 9.17) is 5.73 Å². The summed E-state index contributed by atoms with van der Waals surface area (Å²) in [6, 6.07) is 1.71. The molecule has 0 aromatic heterocycles. The molecule has 1 rings (SSSR count). The molecule has 92 valence electrons. The van der Waals surface area contributed by atoms with Crippen LogP contribution in [0.4, 0.5) is 10.1 Å². The number of hydrogen-bond donors (Lipinski definition) is 2. The Morgan fingerprint density at radius 3 is 2.71 bits per heavy atom. The predicted molar refractivity (Wildman–Crippen MR) is 58.1 cm³/mol. The number of Topliss-reactive ketones (excluding diaryl/α,β-unsaturated/α-hetero) is 1. The zero-order valence-electron chi connectivity index (χ0n) is 9.20. The number of esters is 1. The number of hydrogen-bond acceptors (Lipinski definition) is 5. The van der Waals surface area contributed by atoms with Crippen molar-refractivity contribution in [3.05, 3.63) is 23.5 Å². The van der Waals surface area contributed by atoms with Gasteiger partial charge in [0.2, 0.25) is 0 Å². The molecule has 0 aliphatic rings. The summed E-state index contributed by atoms with van der Waals surface area (Å²) in [6.45, 7) is 1.74. The summed E-state index contributed by atoms with van der Waals surface area (Å²) in [5.74, 6) is -2.76. The normalized spacial score (nSPS) is 10.0. The topological polar surface area (TPSA) is 89.6 Å². The summed E-state index contributed by atoms with van der Waals surface area (Å²) >= 11 is 0. The van der Waals surface area contributed by atoms with Crippen molar-refractivity contribution in [2.75, 3.05) is 12.3 Å². The third kappa shape index (κ3) is 3.17. The fraction of sp³-hybridized carbons (Fsp3) is 0.273. The Hall–Kier alpha value is -2.11. The number of ketones is 1. The van der Waals surface area contributed by atoms with Gasteiger partial charge >= 0.3 is 5.97 Å². The maximum atomic E-state index is 13.0. The van der Waals surface area contributed by atoms with Gasteiger partial charge in [0.15, 0.2) is 5.78 Å². The molecule has 0 aliphatic carbocycles. The Morgan fingerprint density at radius 2 is 2.12 bits per heavy atom. The number of halogens is 1. The minimum absolute atomic E-state index is 0.142. The van der Waals surface area contributed by atoms with Crippen LogP contribution in [0.1, 0.15) is 23.7 Å². The molecule has 0 saturated heterocycles. The molecule has 1 aromatic rings. The Balaban J connectivity index is 2.93. The Morgan fingerprint density at radius 1 is 1.47 bits per heavy atom. The van der Waals surface area contributed by atoms with E-state index in [0.29, 0.717) is 0 Å². The molecule has 0 amide bonds. The van der Waals surface area contributed by atoms with E-state index in [1.54, 1.807) is 6.92 Å². The number of nitrogens with two attached hydrogens (primary N) is 1. The lowest BCUT2D eigenvalue weighted by molar-refractivity contribution is -0.141. The maximum Gasteiger partial charge on any atom is 0.313 e. The third-order valence-corrected chi connectivity index (χ3v) is 2.01. The summed E-state index contributed by atoms with van der Waals surface area (Å²) in [7, 11) is 0.